The lowest BCUT2D eigenvalue weighted by atomic mass is 10.0. The number of pyridine rings is 1. The van der Waals surface area contributed by atoms with E-state index in [9.17, 15) is 19.4 Å². The highest BCUT2D eigenvalue weighted by Gasteiger charge is 2.12. The molecule has 5 heteroatoms. The Hall–Kier alpha value is -2.66. The smallest absolute Gasteiger partial charge is 0.251 e. The standard InChI is InChI=1S/C17H14FNO3/c1-19-16-8-13(10-2-4-12(21)5-3-10)15(18)7-14(16)11(9-20)6-17(19)22/h2-8,20-21H,9H2,1H3. The highest BCUT2D eigenvalue weighted by molar-refractivity contribution is 5.87. The molecule has 112 valence electrons. The van der Waals surface area contributed by atoms with Gasteiger partial charge in [0.15, 0.2) is 0 Å². The highest BCUT2D eigenvalue weighted by atomic mass is 19.1. The molecule has 0 saturated carbocycles. The predicted octanol–water partition coefficient (Wildman–Crippen LogP) is 2.54. The number of phenolic OH excluding ortho intramolecular Hbond substituents is 1. The van der Waals surface area contributed by atoms with E-state index >= 15 is 0 Å². The van der Waals surface area contributed by atoms with E-state index < -0.39 is 5.82 Å². The van der Waals surface area contributed by atoms with E-state index in [1.165, 1.54) is 28.8 Å². The summed E-state index contributed by atoms with van der Waals surface area (Å²) in [5, 5.41) is 19.2. The van der Waals surface area contributed by atoms with Gasteiger partial charge in [-0.1, -0.05) is 12.1 Å². The summed E-state index contributed by atoms with van der Waals surface area (Å²) in [6.45, 7) is -0.329. The Morgan fingerprint density at radius 1 is 1.14 bits per heavy atom. The maximum Gasteiger partial charge on any atom is 0.251 e. The average Bonchev–Trinajstić information content (AvgIpc) is 2.51. The number of nitrogens with zero attached hydrogens (tertiary/aromatic N) is 1. The molecule has 0 aliphatic carbocycles. The number of aliphatic hydroxyl groups excluding tert-OH is 1. The molecule has 0 atom stereocenters. The van der Waals surface area contributed by atoms with Gasteiger partial charge in [0.1, 0.15) is 11.6 Å². The second kappa shape index (κ2) is 5.27. The number of halogens is 1. The van der Waals surface area contributed by atoms with E-state index in [0.717, 1.165) is 0 Å². The molecule has 0 aliphatic heterocycles. The van der Waals surface area contributed by atoms with Gasteiger partial charge in [-0.15, -0.1) is 0 Å². The molecule has 0 aliphatic rings. The zero-order valence-corrected chi connectivity index (χ0v) is 11.9. The number of phenols is 1. The second-order valence-corrected chi connectivity index (χ2v) is 5.12. The maximum absolute atomic E-state index is 14.4. The maximum atomic E-state index is 14.4. The molecule has 4 nitrogen and oxygen atoms in total. The summed E-state index contributed by atoms with van der Waals surface area (Å²) < 4.78 is 15.8. The normalized spacial score (nSPS) is 11.0. The first-order valence-electron chi connectivity index (χ1n) is 6.73. The fourth-order valence-electron chi connectivity index (χ4n) is 2.53. The van der Waals surface area contributed by atoms with Gasteiger partial charge in [0.25, 0.3) is 5.56 Å². The quantitative estimate of drug-likeness (QED) is 0.764. The van der Waals surface area contributed by atoms with Crippen molar-refractivity contribution in [2.45, 2.75) is 6.61 Å². The van der Waals surface area contributed by atoms with Crippen LogP contribution in [0.4, 0.5) is 4.39 Å². The number of hydrogen-bond donors (Lipinski definition) is 2. The van der Waals surface area contributed by atoms with Crippen LogP contribution < -0.4 is 5.56 Å². The molecule has 3 aromatic rings. The molecule has 3 rings (SSSR count). The second-order valence-electron chi connectivity index (χ2n) is 5.12. The molecule has 0 unspecified atom stereocenters. The molecule has 0 bridgehead atoms. The molecule has 1 aromatic heterocycles. The van der Waals surface area contributed by atoms with Crippen molar-refractivity contribution < 1.29 is 14.6 Å². The monoisotopic (exact) mass is 299 g/mol. The number of aryl methyl sites for hydroxylation is 1. The summed E-state index contributed by atoms with van der Waals surface area (Å²) in [5.74, 6) is -0.355. The summed E-state index contributed by atoms with van der Waals surface area (Å²) in [6, 6.07) is 10.4. The van der Waals surface area contributed by atoms with Crippen LogP contribution in [0.2, 0.25) is 0 Å². The van der Waals surface area contributed by atoms with Gasteiger partial charge in [-0.2, -0.15) is 0 Å². The first-order valence-corrected chi connectivity index (χ1v) is 6.73. The van der Waals surface area contributed by atoms with Crippen molar-refractivity contribution in [1.29, 1.82) is 0 Å². The van der Waals surface area contributed by atoms with Crippen molar-refractivity contribution in [2.75, 3.05) is 0 Å². The Bertz CT molecular complexity index is 914. The van der Waals surface area contributed by atoms with Gasteiger partial charge in [-0.3, -0.25) is 4.79 Å². The van der Waals surface area contributed by atoms with Crippen LogP contribution in [0.5, 0.6) is 5.75 Å². The van der Waals surface area contributed by atoms with E-state index in [2.05, 4.69) is 0 Å². The van der Waals surface area contributed by atoms with E-state index in [1.54, 1.807) is 25.2 Å². The summed E-state index contributed by atoms with van der Waals surface area (Å²) in [7, 11) is 1.60. The minimum absolute atomic E-state index is 0.0971. The number of fused-ring (bicyclic) bond motifs is 1. The van der Waals surface area contributed by atoms with Crippen LogP contribution in [0.25, 0.3) is 22.0 Å². The first-order chi connectivity index (χ1) is 10.5. The Morgan fingerprint density at radius 3 is 2.45 bits per heavy atom. The third-order valence-corrected chi connectivity index (χ3v) is 3.77. The fraction of sp³-hybridized carbons (Fsp3) is 0.118. The van der Waals surface area contributed by atoms with Crippen molar-refractivity contribution in [2.24, 2.45) is 7.05 Å². The van der Waals surface area contributed by atoms with Gasteiger partial charge in [-0.05, 0) is 35.4 Å². The van der Waals surface area contributed by atoms with E-state index in [1.807, 2.05) is 0 Å². The predicted molar refractivity (Wildman–Crippen MR) is 82.2 cm³/mol. The number of benzene rings is 2. The molecule has 2 N–H and O–H groups in total. The Kier molecular flexibility index (Phi) is 3.42. The molecular formula is C17H14FNO3. The number of aromatic hydroxyl groups is 1. The first kappa shape index (κ1) is 14.3. The third-order valence-electron chi connectivity index (χ3n) is 3.77. The lowest BCUT2D eigenvalue weighted by Gasteiger charge is -2.12. The zero-order chi connectivity index (χ0) is 15.9. The van der Waals surface area contributed by atoms with Crippen molar-refractivity contribution in [3.63, 3.8) is 0 Å². The van der Waals surface area contributed by atoms with E-state index in [4.69, 9.17) is 0 Å². The number of hydrogen-bond acceptors (Lipinski definition) is 3. The minimum atomic E-state index is -0.452. The Balaban J connectivity index is 2.34. The molecule has 0 fully saturated rings. The van der Waals surface area contributed by atoms with Gasteiger partial charge in [0.2, 0.25) is 0 Å². The van der Waals surface area contributed by atoms with Crippen LogP contribution in [0.15, 0.2) is 47.3 Å². The van der Waals surface area contributed by atoms with E-state index in [-0.39, 0.29) is 17.9 Å². The van der Waals surface area contributed by atoms with Crippen molar-refractivity contribution >= 4 is 10.9 Å². The topological polar surface area (TPSA) is 62.5 Å². The van der Waals surface area contributed by atoms with Crippen molar-refractivity contribution in [1.82, 2.24) is 4.57 Å². The largest absolute Gasteiger partial charge is 0.508 e. The Labute approximate surface area is 125 Å². The lowest BCUT2D eigenvalue weighted by Crippen LogP contribution is -2.17. The van der Waals surface area contributed by atoms with Crippen LogP contribution in [-0.4, -0.2) is 14.8 Å². The van der Waals surface area contributed by atoms with Crippen molar-refractivity contribution in [3.05, 3.63) is 64.2 Å². The number of rotatable bonds is 2. The molecule has 0 spiro atoms. The summed E-state index contributed by atoms with van der Waals surface area (Å²) in [4.78, 5) is 11.9. The van der Waals surface area contributed by atoms with Crippen LogP contribution in [0, 0.1) is 5.82 Å². The highest BCUT2D eigenvalue weighted by Crippen LogP contribution is 2.29. The lowest BCUT2D eigenvalue weighted by molar-refractivity contribution is 0.283. The molecule has 22 heavy (non-hydrogen) atoms. The fourth-order valence-corrected chi connectivity index (χ4v) is 2.53. The number of aliphatic hydroxyl groups is 1. The van der Waals surface area contributed by atoms with E-state index in [0.29, 0.717) is 27.6 Å². The third kappa shape index (κ3) is 2.25. The summed E-state index contributed by atoms with van der Waals surface area (Å²) in [6.07, 6.45) is 0. The molecule has 1 heterocycles. The molecule has 0 saturated heterocycles. The van der Waals surface area contributed by atoms with Crippen LogP contribution in [-0.2, 0) is 13.7 Å². The van der Waals surface area contributed by atoms with Gasteiger partial charge >= 0.3 is 0 Å². The molecule has 0 amide bonds. The molecule has 0 radical (unpaired) electrons. The van der Waals surface area contributed by atoms with Crippen LogP contribution in [0.1, 0.15) is 5.56 Å². The number of aromatic nitrogens is 1. The molecule has 2 aromatic carbocycles. The van der Waals surface area contributed by atoms with Crippen LogP contribution in [0.3, 0.4) is 0 Å². The summed E-state index contributed by atoms with van der Waals surface area (Å²) in [5.41, 5.74) is 1.60. The van der Waals surface area contributed by atoms with Gasteiger partial charge in [0, 0.05) is 24.1 Å². The van der Waals surface area contributed by atoms with Gasteiger partial charge in [0.05, 0.1) is 12.1 Å². The van der Waals surface area contributed by atoms with Gasteiger partial charge in [-0.25, -0.2) is 4.39 Å². The van der Waals surface area contributed by atoms with Gasteiger partial charge < -0.3 is 14.8 Å². The SMILES string of the molecule is Cn1c(=O)cc(CO)c2cc(F)c(-c3ccc(O)cc3)cc21. The Morgan fingerprint density at radius 2 is 1.82 bits per heavy atom. The minimum Gasteiger partial charge on any atom is -0.508 e. The molecular weight excluding hydrogens is 285 g/mol. The van der Waals surface area contributed by atoms with Crippen LogP contribution >= 0.6 is 0 Å². The zero-order valence-electron chi connectivity index (χ0n) is 11.9. The average molecular weight is 299 g/mol. The van der Waals surface area contributed by atoms with Crippen molar-refractivity contribution in [3.8, 4) is 16.9 Å². The summed E-state index contributed by atoms with van der Waals surface area (Å²) >= 11 is 0.